The standard InChI is InChI=1S/2C19H16O.C12H11N.3C11H10N2/c1-15-14-17(16-8-4-2-5-9-16)12-13-19(15)20-18-10-6-3-7-11-18;1-15-12-13-17(16-8-4-2-5-9-16)14-19(15)20-18-10-6-3-7-11-18;1-10-2-4-11(5-3-10)12-6-8-13-9-7-12;1-9-3-5-10(6-4-9)11-12-7-2-8-13-11;1-9-2-4-10(5-3-9)11-6-12-8-13-7-11;1-9-7-12-11(13-8-9)10-5-3-2-4-6-10/h2*2-14H,1H3;2-9H,1H3;3*2-8H,1H3. The molecule has 10 aromatic carbocycles. The molecule has 0 radical (unpaired) electrons. The fraction of sp³-hybridized carbons (Fsp3) is 0.0723. The Labute approximate surface area is 541 Å². The van der Waals surface area contributed by atoms with Gasteiger partial charge in [0.25, 0.3) is 0 Å². The summed E-state index contributed by atoms with van der Waals surface area (Å²) >= 11 is 0. The van der Waals surface area contributed by atoms with E-state index in [1.807, 2.05) is 196 Å². The summed E-state index contributed by atoms with van der Waals surface area (Å²) in [6.07, 6.45) is 16.0. The number of hydrogen-bond donors (Lipinski definition) is 0. The molecule has 9 nitrogen and oxygen atoms in total. The molecule has 0 aliphatic rings. The Hall–Kier alpha value is -11.8. The Morgan fingerprint density at radius 2 is 0.598 bits per heavy atom. The summed E-state index contributed by atoms with van der Waals surface area (Å²) < 4.78 is 11.9. The highest BCUT2D eigenvalue weighted by Crippen LogP contribution is 2.32. The van der Waals surface area contributed by atoms with E-state index in [2.05, 4.69) is 197 Å². The molecule has 14 aromatic rings. The topological polar surface area (TPSA) is 109 Å². The van der Waals surface area contributed by atoms with Gasteiger partial charge in [0.2, 0.25) is 0 Å². The van der Waals surface area contributed by atoms with E-state index in [1.165, 1.54) is 56.4 Å². The second kappa shape index (κ2) is 34.7. The first-order valence-corrected chi connectivity index (χ1v) is 30.4. The van der Waals surface area contributed by atoms with Crippen molar-refractivity contribution in [1.29, 1.82) is 0 Å². The largest absolute Gasteiger partial charge is 0.457 e. The van der Waals surface area contributed by atoms with Crippen molar-refractivity contribution in [3.63, 3.8) is 0 Å². The summed E-state index contributed by atoms with van der Waals surface area (Å²) in [5.74, 6) is 5.09. The van der Waals surface area contributed by atoms with Gasteiger partial charge in [-0.3, -0.25) is 4.98 Å². The molecule has 14 rings (SSSR count). The van der Waals surface area contributed by atoms with Crippen molar-refractivity contribution in [2.45, 2.75) is 41.5 Å². The van der Waals surface area contributed by atoms with Crippen LogP contribution < -0.4 is 9.47 Å². The average Bonchev–Trinajstić information content (AvgIpc) is 2.72. The molecule has 0 spiro atoms. The van der Waals surface area contributed by atoms with Gasteiger partial charge in [-0.1, -0.05) is 235 Å². The van der Waals surface area contributed by atoms with Crippen LogP contribution in [0.4, 0.5) is 0 Å². The van der Waals surface area contributed by atoms with Crippen LogP contribution in [-0.2, 0) is 0 Å². The maximum atomic E-state index is 5.97. The van der Waals surface area contributed by atoms with Crippen LogP contribution in [0.1, 0.15) is 33.4 Å². The molecular weight excluding hydrogens is 1130 g/mol. The van der Waals surface area contributed by atoms with E-state index < -0.39 is 0 Å². The van der Waals surface area contributed by atoms with Gasteiger partial charge in [-0.15, -0.1) is 0 Å². The normalized spacial score (nSPS) is 10.1. The molecule has 92 heavy (non-hydrogen) atoms. The van der Waals surface area contributed by atoms with Crippen LogP contribution in [0.25, 0.3) is 67.3 Å². The van der Waals surface area contributed by atoms with Crippen molar-refractivity contribution in [2.24, 2.45) is 0 Å². The molecule has 0 aliphatic carbocycles. The zero-order chi connectivity index (χ0) is 64.0. The number of hydrogen-bond acceptors (Lipinski definition) is 9. The summed E-state index contributed by atoms with van der Waals surface area (Å²) in [7, 11) is 0. The van der Waals surface area contributed by atoms with Gasteiger partial charge in [0, 0.05) is 66.3 Å². The van der Waals surface area contributed by atoms with Crippen molar-refractivity contribution in [1.82, 2.24) is 34.9 Å². The van der Waals surface area contributed by atoms with Gasteiger partial charge in [0.1, 0.15) is 29.3 Å². The summed E-state index contributed by atoms with van der Waals surface area (Å²) in [6.45, 7) is 12.4. The summed E-state index contributed by atoms with van der Waals surface area (Å²) in [6, 6.07) is 93.9. The lowest BCUT2D eigenvalue weighted by atomic mass is 10.0. The third kappa shape index (κ3) is 20.7. The van der Waals surface area contributed by atoms with Crippen molar-refractivity contribution >= 4 is 0 Å². The Balaban J connectivity index is 0.000000132. The maximum Gasteiger partial charge on any atom is 0.159 e. The van der Waals surface area contributed by atoms with Gasteiger partial charge in [-0.05, 0) is 158 Å². The van der Waals surface area contributed by atoms with Gasteiger partial charge in [0.15, 0.2) is 11.6 Å². The predicted octanol–water partition coefficient (Wildman–Crippen LogP) is 21.3. The Morgan fingerprint density at radius 3 is 1.09 bits per heavy atom. The van der Waals surface area contributed by atoms with E-state index in [0.29, 0.717) is 0 Å². The predicted molar refractivity (Wildman–Crippen MR) is 377 cm³/mol. The van der Waals surface area contributed by atoms with Crippen LogP contribution in [0.5, 0.6) is 23.0 Å². The molecule has 0 N–H and O–H groups in total. The number of aromatic nitrogens is 7. The molecule has 452 valence electrons. The SMILES string of the molecule is Cc1cc(-c2ccccc2)ccc1Oc1ccccc1.Cc1ccc(-c2ccccc2)cc1Oc1ccccc1.Cc1ccc(-c2ccncc2)cc1.Cc1ccc(-c2cncnc2)cc1.Cc1ccc(-c2ncccn2)cc1.Cc1cnc(-c2ccccc2)nc1. The second-order valence-corrected chi connectivity index (χ2v) is 21.5. The molecule has 0 saturated heterocycles. The van der Waals surface area contributed by atoms with E-state index in [4.69, 9.17) is 9.47 Å². The molecular formula is C83H73N7O2. The zero-order valence-corrected chi connectivity index (χ0v) is 52.7. The number of aryl methyl sites for hydroxylation is 6. The van der Waals surface area contributed by atoms with E-state index in [-0.39, 0.29) is 0 Å². The van der Waals surface area contributed by atoms with E-state index >= 15 is 0 Å². The van der Waals surface area contributed by atoms with Crippen LogP contribution in [0.15, 0.2) is 335 Å². The molecule has 0 amide bonds. The first-order valence-electron chi connectivity index (χ1n) is 30.4. The number of pyridine rings is 1. The van der Waals surface area contributed by atoms with Crippen molar-refractivity contribution in [2.75, 3.05) is 0 Å². The van der Waals surface area contributed by atoms with E-state index in [0.717, 1.165) is 73.6 Å². The third-order valence-electron chi connectivity index (χ3n) is 14.2. The maximum absolute atomic E-state index is 5.97. The highest BCUT2D eigenvalue weighted by molar-refractivity contribution is 5.68. The monoisotopic (exact) mass is 1200 g/mol. The van der Waals surface area contributed by atoms with Gasteiger partial charge in [-0.2, -0.15) is 0 Å². The van der Waals surface area contributed by atoms with Crippen LogP contribution in [0, 0.1) is 41.5 Å². The fourth-order valence-electron chi connectivity index (χ4n) is 9.09. The van der Waals surface area contributed by atoms with E-state index in [9.17, 15) is 0 Å². The van der Waals surface area contributed by atoms with Crippen molar-refractivity contribution in [3.8, 4) is 90.3 Å². The molecule has 4 aromatic heterocycles. The first kappa shape index (κ1) is 64.7. The van der Waals surface area contributed by atoms with Crippen molar-refractivity contribution < 1.29 is 9.47 Å². The molecule has 0 aliphatic heterocycles. The number of rotatable bonds is 10. The van der Waals surface area contributed by atoms with Crippen LogP contribution in [0.3, 0.4) is 0 Å². The lowest BCUT2D eigenvalue weighted by Gasteiger charge is -2.11. The minimum atomic E-state index is 0.780. The lowest BCUT2D eigenvalue weighted by molar-refractivity contribution is 0.479. The Bertz CT molecular complexity index is 4040. The molecule has 0 bridgehead atoms. The molecule has 0 saturated carbocycles. The summed E-state index contributed by atoms with van der Waals surface area (Å²) in [4.78, 5) is 28.7. The number of ether oxygens (including phenoxy) is 2. The van der Waals surface area contributed by atoms with Crippen molar-refractivity contribution in [3.05, 3.63) is 368 Å². The third-order valence-corrected chi connectivity index (χ3v) is 14.2. The fourth-order valence-corrected chi connectivity index (χ4v) is 9.09. The van der Waals surface area contributed by atoms with Crippen LogP contribution in [0.2, 0.25) is 0 Å². The molecule has 0 unspecified atom stereocenters. The van der Waals surface area contributed by atoms with Crippen LogP contribution in [-0.4, -0.2) is 34.9 Å². The lowest BCUT2D eigenvalue weighted by Crippen LogP contribution is -1.88. The second-order valence-electron chi connectivity index (χ2n) is 21.5. The molecule has 0 atom stereocenters. The number of benzene rings is 10. The van der Waals surface area contributed by atoms with Gasteiger partial charge in [0.05, 0.1) is 0 Å². The average molecular weight is 1200 g/mol. The number of nitrogens with zero attached hydrogens (tertiary/aromatic N) is 7. The zero-order valence-electron chi connectivity index (χ0n) is 52.7. The smallest absolute Gasteiger partial charge is 0.159 e. The van der Waals surface area contributed by atoms with Crippen LogP contribution >= 0.6 is 0 Å². The minimum absolute atomic E-state index is 0.780. The van der Waals surface area contributed by atoms with Gasteiger partial charge >= 0.3 is 0 Å². The van der Waals surface area contributed by atoms with Gasteiger partial charge in [-0.25, -0.2) is 29.9 Å². The molecule has 4 heterocycles. The highest BCUT2D eigenvalue weighted by atomic mass is 16.5. The minimum Gasteiger partial charge on any atom is -0.457 e. The quantitative estimate of drug-likeness (QED) is 0.132. The van der Waals surface area contributed by atoms with Gasteiger partial charge < -0.3 is 9.47 Å². The first-order chi connectivity index (χ1) is 45.1. The molecule has 0 fully saturated rings. The Kier molecular flexibility index (Phi) is 24.4. The summed E-state index contributed by atoms with van der Waals surface area (Å²) in [5, 5.41) is 0. The van der Waals surface area contributed by atoms with E-state index in [1.54, 1.807) is 12.4 Å². The highest BCUT2D eigenvalue weighted by Gasteiger charge is 2.07. The number of para-hydroxylation sites is 2. The summed E-state index contributed by atoms with van der Waals surface area (Å²) in [5.41, 5.74) is 18.8. The molecule has 9 heteroatoms. The Morgan fingerprint density at radius 1 is 0.228 bits per heavy atom.